The van der Waals surface area contributed by atoms with E-state index in [0.717, 1.165) is 23.1 Å². The van der Waals surface area contributed by atoms with Gasteiger partial charge in [-0.15, -0.1) is 0 Å². The van der Waals surface area contributed by atoms with E-state index in [1.54, 1.807) is 57.4 Å². The fourth-order valence-electron chi connectivity index (χ4n) is 5.85. The van der Waals surface area contributed by atoms with E-state index in [2.05, 4.69) is 6.58 Å². The van der Waals surface area contributed by atoms with Crippen LogP contribution in [0.2, 0.25) is 0 Å². The summed E-state index contributed by atoms with van der Waals surface area (Å²) < 4.78 is 134. The largest absolute Gasteiger partial charge is 0.496 e. The summed E-state index contributed by atoms with van der Waals surface area (Å²) in [5.41, 5.74) is -2.73. The first kappa shape index (κ1) is 37.8. The number of hydrogen-bond donors (Lipinski definition) is 0. The van der Waals surface area contributed by atoms with Gasteiger partial charge in [-0.2, -0.15) is 39.5 Å². The number of cyclic esters (lactones) is 1. The molecular formula is C37H29F9N2O4. The molecule has 1 aliphatic rings. The fourth-order valence-corrected chi connectivity index (χ4v) is 5.85. The number of aryl methyl sites for hydroxylation is 1. The molecule has 0 radical (unpaired) electrons. The zero-order valence-corrected chi connectivity index (χ0v) is 27.8. The van der Waals surface area contributed by atoms with Crippen LogP contribution >= 0.6 is 0 Å². The van der Waals surface area contributed by atoms with Crippen molar-refractivity contribution >= 4 is 12.0 Å². The molecular weight excluding hydrogens is 707 g/mol. The highest BCUT2D eigenvalue weighted by Gasteiger charge is 2.42. The number of benzene rings is 4. The lowest BCUT2D eigenvalue weighted by Gasteiger charge is -2.21. The minimum Gasteiger partial charge on any atom is -0.496 e. The van der Waals surface area contributed by atoms with Gasteiger partial charge in [0.25, 0.3) is 5.91 Å². The maximum Gasteiger partial charge on any atom is 0.416 e. The zero-order valence-electron chi connectivity index (χ0n) is 27.8. The molecule has 2 amide bonds. The molecule has 0 N–H and O–H groups in total. The van der Waals surface area contributed by atoms with Gasteiger partial charge in [-0.25, -0.2) is 4.79 Å². The summed E-state index contributed by atoms with van der Waals surface area (Å²) in [6.45, 7) is 4.78. The zero-order chi connectivity index (χ0) is 38.5. The Morgan fingerprint density at radius 3 is 1.92 bits per heavy atom. The highest BCUT2D eigenvalue weighted by Crippen LogP contribution is 2.44. The van der Waals surface area contributed by atoms with Crippen molar-refractivity contribution in [3.05, 3.63) is 124 Å². The van der Waals surface area contributed by atoms with Gasteiger partial charge in [-0.3, -0.25) is 9.69 Å². The van der Waals surface area contributed by atoms with Crippen LogP contribution in [0.5, 0.6) is 5.75 Å². The normalized spacial score (nSPS) is 15.2. The molecule has 4 aromatic rings. The Bertz CT molecular complexity index is 2040. The van der Waals surface area contributed by atoms with E-state index in [4.69, 9.17) is 9.47 Å². The van der Waals surface area contributed by atoms with Crippen molar-refractivity contribution in [2.75, 3.05) is 21.2 Å². The molecule has 0 bridgehead atoms. The average molecular weight is 737 g/mol. The van der Waals surface area contributed by atoms with Gasteiger partial charge in [-0.1, -0.05) is 24.8 Å². The highest BCUT2D eigenvalue weighted by atomic mass is 19.4. The third-order valence-corrected chi connectivity index (χ3v) is 8.44. The molecule has 15 heteroatoms. The van der Waals surface area contributed by atoms with E-state index in [1.165, 1.54) is 12.0 Å². The summed E-state index contributed by atoms with van der Waals surface area (Å²) in [5.74, 6) is 0.00347. The molecule has 0 saturated carbocycles. The van der Waals surface area contributed by atoms with E-state index in [9.17, 15) is 49.1 Å². The lowest BCUT2D eigenvalue weighted by Crippen LogP contribution is -2.23. The van der Waals surface area contributed by atoms with Gasteiger partial charge < -0.3 is 14.4 Å². The number of amides is 2. The fraction of sp³-hybridized carbons (Fsp3) is 0.243. The van der Waals surface area contributed by atoms with E-state index in [0.29, 0.717) is 39.9 Å². The Kier molecular flexibility index (Phi) is 9.87. The molecule has 0 aliphatic carbocycles. The number of alkyl halides is 9. The first-order chi connectivity index (χ1) is 24.1. The van der Waals surface area contributed by atoms with Crippen LogP contribution in [0.4, 0.5) is 44.3 Å². The van der Waals surface area contributed by atoms with Crippen molar-refractivity contribution in [2.45, 2.75) is 38.1 Å². The monoisotopic (exact) mass is 736 g/mol. The number of hydrogen-bond acceptors (Lipinski definition) is 4. The Balaban J connectivity index is 1.59. The second kappa shape index (κ2) is 13.6. The van der Waals surface area contributed by atoms with Crippen LogP contribution in [0.1, 0.15) is 49.8 Å². The Morgan fingerprint density at radius 2 is 1.38 bits per heavy atom. The van der Waals surface area contributed by atoms with Crippen LogP contribution in [-0.2, 0) is 29.8 Å². The maximum atomic E-state index is 14.0. The summed E-state index contributed by atoms with van der Waals surface area (Å²) in [6.07, 6.45) is -18.3. The number of carbonyl (C=O) groups is 2. The lowest BCUT2D eigenvalue weighted by molar-refractivity contribution is -0.143. The molecule has 1 atom stereocenters. The van der Waals surface area contributed by atoms with Gasteiger partial charge in [0, 0.05) is 25.2 Å². The van der Waals surface area contributed by atoms with Gasteiger partial charge in [0.15, 0.2) is 6.10 Å². The van der Waals surface area contributed by atoms with Crippen molar-refractivity contribution < 1.29 is 58.6 Å². The van der Waals surface area contributed by atoms with E-state index >= 15 is 0 Å². The molecule has 1 fully saturated rings. The van der Waals surface area contributed by atoms with Crippen molar-refractivity contribution in [1.29, 1.82) is 0 Å². The minimum absolute atomic E-state index is 0.0869. The second-order valence-corrected chi connectivity index (χ2v) is 12.2. The smallest absolute Gasteiger partial charge is 0.416 e. The molecule has 274 valence electrons. The minimum atomic E-state index is -5.19. The molecule has 1 saturated heterocycles. The number of nitrogens with zero attached hydrogens (tertiary/aromatic N) is 2. The number of rotatable bonds is 7. The molecule has 6 nitrogen and oxygen atoms in total. The molecule has 52 heavy (non-hydrogen) atoms. The predicted molar refractivity (Wildman–Crippen MR) is 172 cm³/mol. The number of ether oxygens (including phenoxy) is 2. The second-order valence-electron chi connectivity index (χ2n) is 12.2. The van der Waals surface area contributed by atoms with Crippen molar-refractivity contribution in [2.24, 2.45) is 0 Å². The molecule has 0 spiro atoms. The first-order valence-corrected chi connectivity index (χ1v) is 15.3. The molecule has 4 aromatic carbocycles. The molecule has 1 aliphatic heterocycles. The summed E-state index contributed by atoms with van der Waals surface area (Å²) in [6, 6.07) is 13.4. The molecule has 1 heterocycles. The van der Waals surface area contributed by atoms with Crippen molar-refractivity contribution in [3.63, 3.8) is 0 Å². The Hall–Kier alpha value is -5.47. The molecule has 0 aromatic heterocycles. The SMILES string of the molecule is C=C1[C@@H](c2cc(C(F)(F)F)cc(C(F)(F)F)c2)OC(=O)N1Cc1cc(C(F)(F)F)ccc1-c1cc(-c2ccc(C(=O)N(C)C)cc2C)ccc1OC. The molecule has 5 rings (SSSR count). The number of halogens is 9. The van der Waals surface area contributed by atoms with E-state index < -0.39 is 65.2 Å². The van der Waals surface area contributed by atoms with Gasteiger partial charge in [0.2, 0.25) is 0 Å². The Morgan fingerprint density at radius 1 is 0.788 bits per heavy atom. The third kappa shape index (κ3) is 7.58. The van der Waals surface area contributed by atoms with Gasteiger partial charge in [0.05, 0.1) is 36.0 Å². The van der Waals surface area contributed by atoms with Crippen LogP contribution < -0.4 is 4.74 Å². The summed E-state index contributed by atoms with van der Waals surface area (Å²) in [7, 11) is 4.55. The van der Waals surface area contributed by atoms with Gasteiger partial charge in [0.1, 0.15) is 5.75 Å². The highest BCUT2D eigenvalue weighted by molar-refractivity contribution is 5.95. The third-order valence-electron chi connectivity index (χ3n) is 8.44. The van der Waals surface area contributed by atoms with Crippen LogP contribution in [-0.4, -0.2) is 43.0 Å². The first-order valence-electron chi connectivity index (χ1n) is 15.3. The van der Waals surface area contributed by atoms with Crippen LogP contribution in [0.3, 0.4) is 0 Å². The van der Waals surface area contributed by atoms with E-state index in [1.807, 2.05) is 0 Å². The van der Waals surface area contributed by atoms with Crippen LogP contribution in [0.25, 0.3) is 22.3 Å². The summed E-state index contributed by atoms with van der Waals surface area (Å²) in [4.78, 5) is 27.8. The predicted octanol–water partition coefficient (Wildman–Crippen LogP) is 10.3. The van der Waals surface area contributed by atoms with Gasteiger partial charge >= 0.3 is 24.6 Å². The number of methoxy groups -OCH3 is 1. The summed E-state index contributed by atoms with van der Waals surface area (Å²) in [5, 5.41) is 0. The standard InChI is InChI=1S/C37H29F9N2O4/c1-19-12-22(33(49)47(3)4)6-9-28(19)21-7-11-31(51-5)30(16-21)29-10-8-25(35(38,39)40)15-24(29)18-48-20(2)32(52-34(48)50)23-13-26(36(41,42)43)17-27(14-23)37(44,45)46/h6-17,32H,2,18H2,1,3-5H3/t32-/m0/s1. The van der Waals surface area contributed by atoms with Crippen molar-refractivity contribution in [3.8, 4) is 28.0 Å². The average Bonchev–Trinajstić information content (AvgIpc) is 3.34. The van der Waals surface area contributed by atoms with Gasteiger partial charge in [-0.05, 0) is 94.9 Å². The number of carbonyl (C=O) groups excluding carboxylic acids is 2. The molecule has 0 unspecified atom stereocenters. The van der Waals surface area contributed by atoms with Crippen LogP contribution in [0, 0.1) is 6.92 Å². The quantitative estimate of drug-likeness (QED) is 0.177. The van der Waals surface area contributed by atoms with Crippen LogP contribution in [0.15, 0.2) is 85.1 Å². The maximum absolute atomic E-state index is 14.0. The topological polar surface area (TPSA) is 59.1 Å². The van der Waals surface area contributed by atoms with E-state index in [-0.39, 0.29) is 28.8 Å². The lowest BCUT2D eigenvalue weighted by atomic mass is 9.91. The van der Waals surface area contributed by atoms with Crippen molar-refractivity contribution in [1.82, 2.24) is 9.80 Å². The summed E-state index contributed by atoms with van der Waals surface area (Å²) >= 11 is 0. The Labute approximate surface area is 291 Å².